The van der Waals surface area contributed by atoms with Crippen molar-refractivity contribution in [2.75, 3.05) is 12.8 Å². The van der Waals surface area contributed by atoms with Gasteiger partial charge in [-0.3, -0.25) is 13.7 Å². The zero-order chi connectivity index (χ0) is 26.2. The predicted octanol–water partition coefficient (Wildman–Crippen LogP) is 1.70. The molecule has 1 saturated heterocycles. The fourth-order valence-corrected chi connectivity index (χ4v) is 6.26. The second-order valence-corrected chi connectivity index (χ2v) is 10.9. The Bertz CT molecular complexity index is 1070. The van der Waals surface area contributed by atoms with E-state index in [-0.39, 0.29) is 36.7 Å². The number of nitrogens with two attached hydrogens (primary N) is 1. The summed E-state index contributed by atoms with van der Waals surface area (Å²) in [5.41, 5.74) is 5.12. The molecule has 13 nitrogen and oxygen atoms in total. The van der Waals surface area contributed by atoms with Crippen molar-refractivity contribution in [2.45, 2.75) is 95.3 Å². The number of anilines is 1. The fourth-order valence-electron chi connectivity index (χ4n) is 4.43. The molecule has 3 heterocycles. The number of aromatic nitrogens is 4. The minimum Gasteiger partial charge on any atom is -0.479 e. The van der Waals surface area contributed by atoms with Crippen molar-refractivity contribution in [3.8, 4) is 5.88 Å². The lowest BCUT2D eigenvalue weighted by Gasteiger charge is -2.40. The van der Waals surface area contributed by atoms with Crippen LogP contribution in [-0.2, 0) is 13.8 Å². The first-order chi connectivity index (χ1) is 16.4. The fraction of sp³-hybridized carbons (Fsp3) is 0.762. The third kappa shape index (κ3) is 4.91. The van der Waals surface area contributed by atoms with Gasteiger partial charge in [0.2, 0.25) is 11.8 Å². The molecular weight excluding hydrogens is 481 g/mol. The minimum absolute atomic E-state index is 0.00411. The molecule has 0 bridgehead atoms. The summed E-state index contributed by atoms with van der Waals surface area (Å²) in [6.07, 6.45) is -2.68. The quantitative estimate of drug-likeness (QED) is 0.271. The van der Waals surface area contributed by atoms with Gasteiger partial charge in [-0.2, -0.15) is 9.97 Å². The highest BCUT2D eigenvalue weighted by Crippen LogP contribution is 2.61. The molecular formula is C21H36N5O8P. The number of ether oxygens (including phenoxy) is 2. The maximum atomic E-state index is 13.1. The van der Waals surface area contributed by atoms with Gasteiger partial charge in [-0.15, -0.1) is 0 Å². The molecule has 0 aliphatic carbocycles. The van der Waals surface area contributed by atoms with Crippen molar-refractivity contribution in [1.29, 1.82) is 0 Å². The van der Waals surface area contributed by atoms with Crippen molar-refractivity contribution in [3.05, 3.63) is 6.33 Å². The highest BCUT2D eigenvalue weighted by atomic mass is 31.2. The van der Waals surface area contributed by atoms with Crippen LogP contribution >= 0.6 is 7.60 Å². The van der Waals surface area contributed by atoms with Crippen LogP contribution in [0.2, 0.25) is 0 Å². The minimum atomic E-state index is -4.48. The lowest BCUT2D eigenvalue weighted by Crippen LogP contribution is -2.42. The molecule has 2 aromatic heterocycles. The first kappa shape index (κ1) is 27.7. The Labute approximate surface area is 203 Å². The average Bonchev–Trinajstić information content (AvgIpc) is 3.37. The lowest BCUT2D eigenvalue weighted by atomic mass is 9.88. The Morgan fingerprint density at radius 2 is 1.77 bits per heavy atom. The van der Waals surface area contributed by atoms with E-state index in [1.807, 2.05) is 0 Å². The standard InChI is InChI=1S/C21H36N5O8P/c1-6-20(7-2,34-35(30,31)21(29,8-3)9-4)10-12-14(27)15(28)18(33-12)26-11-23-13-16(26)24-19(22)25-17(13)32-5/h11-12,14-15,18,27-29H,6-10H2,1-5H3,(H,30,31)(H2,22,24,25). The van der Waals surface area contributed by atoms with Crippen LogP contribution in [0.1, 0.15) is 66.0 Å². The number of aliphatic hydroxyl groups is 3. The third-order valence-electron chi connectivity index (χ3n) is 7.05. The molecule has 5 atom stereocenters. The molecule has 3 rings (SSSR count). The highest BCUT2D eigenvalue weighted by Gasteiger charge is 2.52. The molecule has 35 heavy (non-hydrogen) atoms. The summed E-state index contributed by atoms with van der Waals surface area (Å²) in [7, 11) is -3.06. The van der Waals surface area contributed by atoms with Gasteiger partial charge in [-0.05, 0) is 25.7 Å². The monoisotopic (exact) mass is 517 g/mol. The summed E-state index contributed by atoms with van der Waals surface area (Å²) in [5, 5.41) is 30.5. The van der Waals surface area contributed by atoms with Crippen LogP contribution in [0.3, 0.4) is 0 Å². The number of imidazole rings is 1. The van der Waals surface area contributed by atoms with E-state index in [1.165, 1.54) is 18.0 Å². The maximum Gasteiger partial charge on any atom is 0.359 e. The van der Waals surface area contributed by atoms with Crippen molar-refractivity contribution in [1.82, 2.24) is 19.5 Å². The smallest absolute Gasteiger partial charge is 0.359 e. The molecule has 198 valence electrons. The first-order valence-corrected chi connectivity index (χ1v) is 13.3. The van der Waals surface area contributed by atoms with Gasteiger partial charge in [0.1, 0.15) is 12.2 Å². The van der Waals surface area contributed by atoms with Crippen LogP contribution in [0, 0.1) is 0 Å². The third-order valence-corrected chi connectivity index (χ3v) is 9.37. The highest BCUT2D eigenvalue weighted by molar-refractivity contribution is 7.54. The Balaban J connectivity index is 1.90. The summed E-state index contributed by atoms with van der Waals surface area (Å²) >= 11 is 0. The molecule has 0 radical (unpaired) electrons. The molecule has 1 aliphatic heterocycles. The van der Waals surface area contributed by atoms with Gasteiger partial charge in [0, 0.05) is 6.42 Å². The SMILES string of the molecule is CCC(CC)(CC1OC(n2cnc3c(OC)nc(N)nc32)C(O)C1O)OP(=O)(O)C(O)(CC)CC. The molecule has 1 fully saturated rings. The van der Waals surface area contributed by atoms with Gasteiger partial charge in [0.05, 0.1) is 25.1 Å². The van der Waals surface area contributed by atoms with Gasteiger partial charge in [-0.1, -0.05) is 27.7 Å². The molecule has 2 aromatic rings. The first-order valence-electron chi connectivity index (χ1n) is 11.7. The van der Waals surface area contributed by atoms with Crippen molar-refractivity contribution >= 4 is 24.7 Å². The Morgan fingerprint density at radius 1 is 1.14 bits per heavy atom. The molecule has 6 N–H and O–H groups in total. The van der Waals surface area contributed by atoms with Crippen LogP contribution in [0.25, 0.3) is 11.2 Å². The van der Waals surface area contributed by atoms with Crippen molar-refractivity contribution in [3.63, 3.8) is 0 Å². The molecule has 1 aliphatic rings. The van der Waals surface area contributed by atoms with E-state index in [2.05, 4.69) is 15.0 Å². The molecule has 0 saturated carbocycles. The molecule has 0 aromatic carbocycles. The van der Waals surface area contributed by atoms with Crippen molar-refractivity contribution < 1.29 is 38.8 Å². The van der Waals surface area contributed by atoms with E-state index >= 15 is 0 Å². The normalized spacial score (nSPS) is 25.2. The van der Waals surface area contributed by atoms with E-state index in [1.54, 1.807) is 27.7 Å². The van der Waals surface area contributed by atoms with Gasteiger partial charge >= 0.3 is 7.60 Å². The number of nitrogen functional groups attached to an aromatic ring is 1. The number of methoxy groups -OCH3 is 1. The topological polar surface area (TPSA) is 195 Å². The predicted molar refractivity (Wildman–Crippen MR) is 127 cm³/mol. The maximum absolute atomic E-state index is 13.1. The van der Waals surface area contributed by atoms with Crippen LogP contribution in [0.4, 0.5) is 5.95 Å². The second kappa shape index (κ2) is 10.3. The summed E-state index contributed by atoms with van der Waals surface area (Å²) in [5.74, 6) is 0.0846. The Kier molecular flexibility index (Phi) is 8.12. The van der Waals surface area contributed by atoms with Crippen LogP contribution < -0.4 is 10.5 Å². The number of aliphatic hydroxyl groups excluding tert-OH is 2. The van der Waals surface area contributed by atoms with E-state index in [4.69, 9.17) is 19.7 Å². The Morgan fingerprint density at radius 3 is 2.31 bits per heavy atom. The van der Waals surface area contributed by atoms with E-state index in [0.29, 0.717) is 18.4 Å². The molecule has 0 amide bonds. The summed E-state index contributed by atoms with van der Waals surface area (Å²) < 4.78 is 31.5. The van der Waals surface area contributed by atoms with Gasteiger partial charge < -0.3 is 35.4 Å². The van der Waals surface area contributed by atoms with Crippen LogP contribution in [0.15, 0.2) is 6.33 Å². The zero-order valence-corrected chi connectivity index (χ0v) is 21.6. The van der Waals surface area contributed by atoms with Crippen LogP contribution in [0.5, 0.6) is 5.88 Å². The summed E-state index contributed by atoms with van der Waals surface area (Å²) in [4.78, 5) is 23.1. The lowest BCUT2D eigenvalue weighted by molar-refractivity contribution is -0.0761. The van der Waals surface area contributed by atoms with Gasteiger partial charge in [0.25, 0.3) is 0 Å². The molecule has 14 heteroatoms. The van der Waals surface area contributed by atoms with E-state index in [9.17, 15) is 24.8 Å². The number of hydrogen-bond donors (Lipinski definition) is 5. The largest absolute Gasteiger partial charge is 0.479 e. The zero-order valence-electron chi connectivity index (χ0n) is 20.7. The van der Waals surface area contributed by atoms with E-state index in [0.717, 1.165) is 0 Å². The van der Waals surface area contributed by atoms with Crippen LogP contribution in [-0.4, -0.2) is 76.1 Å². The van der Waals surface area contributed by atoms with Gasteiger partial charge in [-0.25, -0.2) is 4.98 Å². The number of hydrogen-bond acceptors (Lipinski definition) is 11. The summed E-state index contributed by atoms with van der Waals surface area (Å²) in [6.45, 7) is 6.79. The molecule has 0 spiro atoms. The second-order valence-electron chi connectivity index (χ2n) is 8.86. The van der Waals surface area contributed by atoms with Crippen molar-refractivity contribution in [2.24, 2.45) is 0 Å². The Hall–Kier alpha value is -1.86. The molecule has 5 unspecified atom stereocenters. The number of fused-ring (bicyclic) bond motifs is 1. The average molecular weight is 518 g/mol. The number of nitrogens with zero attached hydrogens (tertiary/aromatic N) is 4. The van der Waals surface area contributed by atoms with E-state index < -0.39 is 43.1 Å². The number of rotatable bonds is 11. The summed E-state index contributed by atoms with van der Waals surface area (Å²) in [6, 6.07) is 0. The van der Waals surface area contributed by atoms with Gasteiger partial charge in [0.15, 0.2) is 22.7 Å².